The van der Waals surface area contributed by atoms with Gasteiger partial charge in [0.1, 0.15) is 0 Å². The van der Waals surface area contributed by atoms with Gasteiger partial charge in [-0.1, -0.05) is 0 Å². The van der Waals surface area contributed by atoms with Crippen molar-refractivity contribution >= 4 is 17.2 Å². The van der Waals surface area contributed by atoms with Crippen LogP contribution in [0.15, 0.2) is 10.4 Å². The first-order valence-electron chi connectivity index (χ1n) is 14.1. The highest BCUT2D eigenvalue weighted by Gasteiger charge is 2.52. The molecule has 4 nitrogen and oxygen atoms in total. The van der Waals surface area contributed by atoms with Crippen molar-refractivity contribution in [3.8, 4) is 0 Å². The van der Waals surface area contributed by atoms with Crippen molar-refractivity contribution in [1.82, 2.24) is 9.88 Å². The third-order valence-corrected chi connectivity index (χ3v) is 11.7. The number of rotatable bonds is 5. The lowest BCUT2D eigenvalue weighted by Crippen LogP contribution is -2.60. The number of amides is 1. The molecule has 5 heteroatoms. The summed E-state index contributed by atoms with van der Waals surface area (Å²) >= 11 is 1.82. The van der Waals surface area contributed by atoms with Crippen LogP contribution in [0.2, 0.25) is 0 Å². The normalized spacial score (nSPS) is 47.5. The Morgan fingerprint density at radius 2 is 1.39 bits per heavy atom. The fourth-order valence-electron chi connectivity index (χ4n) is 10.5. The summed E-state index contributed by atoms with van der Waals surface area (Å²) in [6.45, 7) is 0. The maximum atomic E-state index is 13.4. The maximum Gasteiger partial charge on any atom is 0.226 e. The molecule has 1 amide bonds. The fraction of sp³-hybridized carbons (Fsp3) is 0.857. The SMILES string of the molecule is O=C(Cc1csc(=NC23CC4CC(CC(C4)C2)C3)n1C1CC1)NC12CC3CC(CC(C3)C1)C2. The van der Waals surface area contributed by atoms with Gasteiger partial charge in [0.2, 0.25) is 5.91 Å². The van der Waals surface area contributed by atoms with Crippen molar-refractivity contribution in [2.75, 3.05) is 0 Å². The largest absolute Gasteiger partial charge is 0.350 e. The molecule has 10 rings (SSSR count). The summed E-state index contributed by atoms with van der Waals surface area (Å²) in [6, 6.07) is 0.589. The highest BCUT2D eigenvalue weighted by atomic mass is 32.1. The molecule has 0 aliphatic heterocycles. The van der Waals surface area contributed by atoms with Gasteiger partial charge in [-0.3, -0.25) is 9.79 Å². The van der Waals surface area contributed by atoms with Gasteiger partial charge in [0, 0.05) is 22.7 Å². The zero-order chi connectivity index (χ0) is 21.8. The summed E-state index contributed by atoms with van der Waals surface area (Å²) < 4.78 is 2.50. The number of hydrogen-bond acceptors (Lipinski definition) is 3. The second-order valence-corrected chi connectivity index (χ2v) is 14.6. The fourth-order valence-corrected chi connectivity index (χ4v) is 11.5. The predicted molar refractivity (Wildman–Crippen MR) is 130 cm³/mol. The van der Waals surface area contributed by atoms with E-state index in [0.29, 0.717) is 12.5 Å². The Hall–Kier alpha value is -1.10. The minimum Gasteiger partial charge on any atom is -0.350 e. The molecular formula is C28H39N3OS. The van der Waals surface area contributed by atoms with Crippen LogP contribution in [0.5, 0.6) is 0 Å². The number of nitrogens with one attached hydrogen (secondary N) is 1. The second kappa shape index (κ2) is 6.98. The molecule has 0 aromatic carbocycles. The average molecular weight is 466 g/mol. The van der Waals surface area contributed by atoms with E-state index in [-0.39, 0.29) is 17.0 Å². The van der Waals surface area contributed by atoms with Crippen molar-refractivity contribution < 1.29 is 4.79 Å². The summed E-state index contributed by atoms with van der Waals surface area (Å²) in [4.78, 5) is 20.2. The number of thiazole rings is 1. The predicted octanol–water partition coefficient (Wildman–Crippen LogP) is 5.38. The molecule has 178 valence electrons. The van der Waals surface area contributed by atoms with E-state index in [1.165, 1.54) is 100 Å². The van der Waals surface area contributed by atoms with E-state index < -0.39 is 0 Å². The number of nitrogens with zero attached hydrogens (tertiary/aromatic N) is 2. The van der Waals surface area contributed by atoms with E-state index in [1.54, 1.807) is 0 Å². The monoisotopic (exact) mass is 465 g/mol. The van der Waals surface area contributed by atoms with Crippen LogP contribution >= 0.6 is 11.3 Å². The van der Waals surface area contributed by atoms with E-state index in [9.17, 15) is 4.79 Å². The summed E-state index contributed by atoms with van der Waals surface area (Å²) in [5.41, 5.74) is 1.57. The third kappa shape index (κ3) is 3.42. The Morgan fingerprint density at radius 3 is 1.91 bits per heavy atom. The molecule has 1 aromatic rings. The molecule has 0 spiro atoms. The molecule has 0 atom stereocenters. The Labute approximate surface area is 201 Å². The van der Waals surface area contributed by atoms with Crippen molar-refractivity contribution in [2.24, 2.45) is 40.5 Å². The van der Waals surface area contributed by atoms with E-state index >= 15 is 0 Å². The topological polar surface area (TPSA) is 46.4 Å². The average Bonchev–Trinajstić information content (AvgIpc) is 3.47. The zero-order valence-corrected chi connectivity index (χ0v) is 20.8. The molecule has 1 heterocycles. The smallest absolute Gasteiger partial charge is 0.226 e. The van der Waals surface area contributed by atoms with Gasteiger partial charge in [-0.25, -0.2) is 0 Å². The lowest BCUT2D eigenvalue weighted by Gasteiger charge is -2.56. The number of carbonyl (C=O) groups is 1. The lowest BCUT2D eigenvalue weighted by atomic mass is 9.53. The van der Waals surface area contributed by atoms with Crippen molar-refractivity contribution in [3.05, 3.63) is 15.9 Å². The molecule has 8 bridgehead atoms. The van der Waals surface area contributed by atoms with Crippen molar-refractivity contribution in [3.63, 3.8) is 0 Å². The quantitative estimate of drug-likeness (QED) is 0.623. The molecular weight excluding hydrogens is 426 g/mol. The first-order chi connectivity index (χ1) is 16.0. The first kappa shape index (κ1) is 20.1. The molecule has 1 N–H and O–H groups in total. The highest BCUT2D eigenvalue weighted by Crippen LogP contribution is 2.57. The third-order valence-electron chi connectivity index (χ3n) is 10.9. The Bertz CT molecular complexity index is 975. The molecule has 33 heavy (non-hydrogen) atoms. The van der Waals surface area contributed by atoms with E-state index in [0.717, 1.165) is 35.5 Å². The maximum absolute atomic E-state index is 13.4. The van der Waals surface area contributed by atoms with Gasteiger partial charge in [-0.05, 0) is 125 Å². The molecule has 1 aromatic heterocycles. The molecule has 9 aliphatic rings. The summed E-state index contributed by atoms with van der Waals surface area (Å²) in [5.74, 6) is 5.68. The molecule has 0 radical (unpaired) electrons. The minimum absolute atomic E-state index is 0.124. The summed E-state index contributed by atoms with van der Waals surface area (Å²) in [7, 11) is 0. The molecule has 9 aliphatic carbocycles. The van der Waals surface area contributed by atoms with Crippen LogP contribution in [0.1, 0.15) is 102 Å². The van der Waals surface area contributed by atoms with Gasteiger partial charge in [-0.2, -0.15) is 0 Å². The first-order valence-corrected chi connectivity index (χ1v) is 15.0. The Kier molecular flexibility index (Phi) is 4.26. The van der Waals surface area contributed by atoms with Crippen LogP contribution in [0, 0.1) is 35.5 Å². The van der Waals surface area contributed by atoms with Crippen LogP contribution in [-0.2, 0) is 11.2 Å². The zero-order valence-electron chi connectivity index (χ0n) is 19.9. The molecule has 9 saturated carbocycles. The van der Waals surface area contributed by atoms with Gasteiger partial charge in [0.25, 0.3) is 0 Å². The molecule has 0 saturated heterocycles. The lowest BCUT2D eigenvalue weighted by molar-refractivity contribution is -0.126. The molecule has 9 fully saturated rings. The standard InChI is InChI=1S/C28H39N3OS/c32-25(29-27-10-17-3-18(11-27)5-19(4-17)12-27)9-24-16-33-26(31(24)23-1-2-23)30-28-13-20-6-21(14-28)8-22(7-20)15-28/h16-23H,1-15H2,(H,29,32). The van der Waals surface area contributed by atoms with Crippen LogP contribution in [-0.4, -0.2) is 21.6 Å². The van der Waals surface area contributed by atoms with Gasteiger partial charge in [0.05, 0.1) is 12.0 Å². The van der Waals surface area contributed by atoms with E-state index in [4.69, 9.17) is 4.99 Å². The Morgan fingerprint density at radius 1 is 0.879 bits per heavy atom. The van der Waals surface area contributed by atoms with Gasteiger partial charge >= 0.3 is 0 Å². The summed E-state index contributed by atoms with van der Waals surface area (Å²) in [5, 5.41) is 5.89. The highest BCUT2D eigenvalue weighted by molar-refractivity contribution is 7.07. The van der Waals surface area contributed by atoms with Crippen LogP contribution < -0.4 is 10.1 Å². The van der Waals surface area contributed by atoms with E-state index in [2.05, 4.69) is 15.3 Å². The summed E-state index contributed by atoms with van der Waals surface area (Å²) in [6.07, 6.45) is 19.4. The van der Waals surface area contributed by atoms with Crippen LogP contribution in [0.4, 0.5) is 0 Å². The minimum atomic E-state index is 0.124. The number of aromatic nitrogens is 1. The van der Waals surface area contributed by atoms with Crippen molar-refractivity contribution in [2.45, 2.75) is 113 Å². The van der Waals surface area contributed by atoms with Crippen LogP contribution in [0.25, 0.3) is 0 Å². The number of carbonyl (C=O) groups excluding carboxylic acids is 1. The van der Waals surface area contributed by atoms with E-state index in [1.807, 2.05) is 11.3 Å². The molecule has 0 unspecified atom stereocenters. The van der Waals surface area contributed by atoms with Gasteiger partial charge in [0.15, 0.2) is 4.80 Å². The van der Waals surface area contributed by atoms with Gasteiger partial charge in [-0.15, -0.1) is 11.3 Å². The number of hydrogen-bond donors (Lipinski definition) is 1. The second-order valence-electron chi connectivity index (χ2n) is 13.8. The van der Waals surface area contributed by atoms with Crippen molar-refractivity contribution in [1.29, 1.82) is 0 Å². The van der Waals surface area contributed by atoms with Crippen LogP contribution in [0.3, 0.4) is 0 Å². The Balaban J connectivity index is 1.05. The van der Waals surface area contributed by atoms with Gasteiger partial charge < -0.3 is 9.88 Å².